The molecule has 9 heteroatoms. The molecule has 2 N–H and O–H groups in total. The lowest BCUT2D eigenvalue weighted by atomic mass is 10.2. The molecule has 2 aromatic rings. The Morgan fingerprint density at radius 1 is 1.00 bits per heavy atom. The molecule has 0 aromatic heterocycles. The predicted molar refractivity (Wildman–Crippen MR) is 118 cm³/mol. The highest BCUT2D eigenvalue weighted by molar-refractivity contribution is 9.10. The van der Waals surface area contributed by atoms with Gasteiger partial charge in [0.1, 0.15) is 11.5 Å². The Balaban J connectivity index is 1.94. The summed E-state index contributed by atoms with van der Waals surface area (Å²) in [5.74, 6) is 0.315. The third kappa shape index (κ3) is 6.62. The van der Waals surface area contributed by atoms with Crippen molar-refractivity contribution in [1.29, 1.82) is 0 Å². The summed E-state index contributed by atoms with van der Waals surface area (Å²) in [6, 6.07) is 8.74. The molecule has 0 saturated heterocycles. The Kier molecular flexibility index (Phi) is 8.31. The van der Waals surface area contributed by atoms with Gasteiger partial charge in [-0.1, -0.05) is 27.5 Å². The molecule has 0 radical (unpaired) electrons. The van der Waals surface area contributed by atoms with Crippen molar-refractivity contribution in [3.63, 3.8) is 0 Å². The van der Waals surface area contributed by atoms with Gasteiger partial charge in [0.25, 0.3) is 0 Å². The standard InChI is InChI=1S/C20H23BrClN3O4/c1-12-7-13(21)5-6-15(12)23-19(26)10-25(2)11-20(27)24-16-9-17(28-3)14(22)8-18(16)29-4/h5-9H,10-11H2,1-4H3,(H,23,26)(H,24,27). The summed E-state index contributed by atoms with van der Waals surface area (Å²) in [5, 5.41) is 5.97. The quantitative estimate of drug-likeness (QED) is 0.593. The Labute approximate surface area is 183 Å². The number of nitrogens with zero attached hydrogens (tertiary/aromatic N) is 1. The number of likely N-dealkylation sites (N-methyl/N-ethyl adjacent to an activating group) is 1. The SMILES string of the molecule is COc1cc(NC(=O)CN(C)CC(=O)Nc2ccc(Br)cc2C)c(OC)cc1Cl. The smallest absolute Gasteiger partial charge is 0.238 e. The molecule has 0 bridgehead atoms. The fourth-order valence-electron chi connectivity index (χ4n) is 2.65. The normalized spacial score (nSPS) is 10.6. The van der Waals surface area contributed by atoms with E-state index in [1.54, 1.807) is 24.1 Å². The molecular weight excluding hydrogens is 462 g/mol. The van der Waals surface area contributed by atoms with Crippen LogP contribution >= 0.6 is 27.5 Å². The summed E-state index contributed by atoms with van der Waals surface area (Å²) in [7, 11) is 4.65. The van der Waals surface area contributed by atoms with Crippen LogP contribution in [0.5, 0.6) is 11.5 Å². The maximum atomic E-state index is 12.4. The molecule has 0 aliphatic carbocycles. The van der Waals surface area contributed by atoms with Gasteiger partial charge >= 0.3 is 0 Å². The van der Waals surface area contributed by atoms with E-state index in [1.807, 2.05) is 25.1 Å². The van der Waals surface area contributed by atoms with E-state index in [4.69, 9.17) is 21.1 Å². The molecule has 0 aliphatic rings. The van der Waals surface area contributed by atoms with E-state index >= 15 is 0 Å². The lowest BCUT2D eigenvalue weighted by molar-refractivity contribution is -0.119. The number of anilines is 2. The van der Waals surface area contributed by atoms with E-state index in [2.05, 4.69) is 26.6 Å². The maximum absolute atomic E-state index is 12.4. The number of ether oxygens (including phenoxy) is 2. The molecule has 2 rings (SSSR count). The van der Waals surface area contributed by atoms with Gasteiger partial charge in [0.15, 0.2) is 0 Å². The molecule has 2 aromatic carbocycles. The zero-order valence-electron chi connectivity index (χ0n) is 16.6. The first kappa shape index (κ1) is 23.0. The Morgan fingerprint density at radius 2 is 1.59 bits per heavy atom. The van der Waals surface area contributed by atoms with Gasteiger partial charge in [-0.25, -0.2) is 0 Å². The lowest BCUT2D eigenvalue weighted by Crippen LogP contribution is -2.36. The number of hydrogen-bond acceptors (Lipinski definition) is 5. The van der Waals surface area contributed by atoms with E-state index < -0.39 is 0 Å². The van der Waals surface area contributed by atoms with Gasteiger partial charge in [0, 0.05) is 22.3 Å². The van der Waals surface area contributed by atoms with Gasteiger partial charge < -0.3 is 20.1 Å². The second kappa shape index (κ2) is 10.5. The van der Waals surface area contributed by atoms with Crippen molar-refractivity contribution in [3.8, 4) is 11.5 Å². The largest absolute Gasteiger partial charge is 0.495 e. The Morgan fingerprint density at radius 3 is 2.14 bits per heavy atom. The highest BCUT2D eigenvalue weighted by atomic mass is 79.9. The van der Waals surface area contributed by atoms with Crippen LogP contribution in [-0.4, -0.2) is 51.1 Å². The van der Waals surface area contributed by atoms with Crippen molar-refractivity contribution in [3.05, 3.63) is 45.4 Å². The number of benzene rings is 2. The second-order valence-electron chi connectivity index (χ2n) is 6.41. The molecule has 7 nitrogen and oxygen atoms in total. The van der Waals surface area contributed by atoms with Crippen LogP contribution in [0.15, 0.2) is 34.8 Å². The molecule has 0 fully saturated rings. The molecule has 0 heterocycles. The Bertz CT molecular complexity index is 908. The number of hydrogen-bond donors (Lipinski definition) is 2. The second-order valence-corrected chi connectivity index (χ2v) is 7.74. The molecule has 0 unspecified atom stereocenters. The monoisotopic (exact) mass is 483 g/mol. The Hall–Kier alpha value is -2.29. The van der Waals surface area contributed by atoms with Gasteiger partial charge in [-0.05, 0) is 37.7 Å². The first-order valence-corrected chi connectivity index (χ1v) is 9.86. The van der Waals surface area contributed by atoms with E-state index in [1.165, 1.54) is 14.2 Å². The molecule has 156 valence electrons. The topological polar surface area (TPSA) is 79.9 Å². The van der Waals surface area contributed by atoms with Crippen molar-refractivity contribution in [2.45, 2.75) is 6.92 Å². The van der Waals surface area contributed by atoms with Crippen LogP contribution in [-0.2, 0) is 9.59 Å². The van der Waals surface area contributed by atoms with Crippen LogP contribution in [0.2, 0.25) is 5.02 Å². The van der Waals surface area contributed by atoms with Crippen molar-refractivity contribution >= 4 is 50.7 Å². The summed E-state index contributed by atoms with van der Waals surface area (Å²) in [6.07, 6.45) is 0. The summed E-state index contributed by atoms with van der Waals surface area (Å²) >= 11 is 9.46. The van der Waals surface area contributed by atoms with Crippen molar-refractivity contribution in [1.82, 2.24) is 4.90 Å². The van der Waals surface area contributed by atoms with Crippen molar-refractivity contribution < 1.29 is 19.1 Å². The number of halogens is 2. The molecular formula is C20H23BrClN3O4. The van der Waals surface area contributed by atoms with Crippen molar-refractivity contribution in [2.75, 3.05) is 45.0 Å². The zero-order chi connectivity index (χ0) is 21.6. The van der Waals surface area contributed by atoms with Gasteiger partial charge in [-0.15, -0.1) is 0 Å². The summed E-state index contributed by atoms with van der Waals surface area (Å²) in [6.45, 7) is 1.98. The zero-order valence-corrected chi connectivity index (χ0v) is 19.0. The van der Waals surface area contributed by atoms with Gasteiger partial charge in [-0.2, -0.15) is 0 Å². The average molecular weight is 485 g/mol. The highest BCUT2D eigenvalue weighted by Crippen LogP contribution is 2.35. The number of carbonyl (C=O) groups excluding carboxylic acids is 2. The molecule has 0 aliphatic heterocycles. The number of rotatable bonds is 8. The average Bonchev–Trinajstić information content (AvgIpc) is 2.64. The number of carbonyl (C=O) groups is 2. The van der Waals surface area contributed by atoms with Gasteiger partial charge in [-0.3, -0.25) is 14.5 Å². The van der Waals surface area contributed by atoms with Crippen LogP contribution in [0.1, 0.15) is 5.56 Å². The van der Waals surface area contributed by atoms with Gasteiger partial charge in [0.05, 0.1) is 38.0 Å². The highest BCUT2D eigenvalue weighted by Gasteiger charge is 2.15. The van der Waals surface area contributed by atoms with Crippen LogP contribution in [0.25, 0.3) is 0 Å². The third-order valence-electron chi connectivity index (χ3n) is 4.04. The van der Waals surface area contributed by atoms with E-state index in [0.717, 1.165) is 15.7 Å². The molecule has 0 saturated carbocycles. The van der Waals surface area contributed by atoms with Crippen LogP contribution in [0, 0.1) is 6.92 Å². The van der Waals surface area contributed by atoms with Crippen LogP contribution in [0.4, 0.5) is 11.4 Å². The van der Waals surface area contributed by atoms with Crippen molar-refractivity contribution in [2.24, 2.45) is 0 Å². The van der Waals surface area contributed by atoms with E-state index in [0.29, 0.717) is 22.2 Å². The summed E-state index contributed by atoms with van der Waals surface area (Å²) < 4.78 is 11.4. The number of amides is 2. The molecule has 29 heavy (non-hydrogen) atoms. The first-order valence-electron chi connectivity index (χ1n) is 8.69. The van der Waals surface area contributed by atoms with E-state index in [9.17, 15) is 9.59 Å². The fraction of sp³-hybridized carbons (Fsp3) is 0.300. The molecule has 0 spiro atoms. The predicted octanol–water partition coefficient (Wildman–Crippen LogP) is 3.94. The summed E-state index contributed by atoms with van der Waals surface area (Å²) in [5.41, 5.74) is 2.10. The molecule has 2 amide bonds. The number of nitrogens with one attached hydrogen (secondary N) is 2. The third-order valence-corrected chi connectivity index (χ3v) is 4.83. The minimum Gasteiger partial charge on any atom is -0.495 e. The minimum atomic E-state index is -0.303. The molecule has 0 atom stereocenters. The van der Waals surface area contributed by atoms with Gasteiger partial charge in [0.2, 0.25) is 11.8 Å². The number of methoxy groups -OCH3 is 2. The fourth-order valence-corrected chi connectivity index (χ4v) is 3.36. The van der Waals surface area contributed by atoms with Crippen LogP contribution in [0.3, 0.4) is 0 Å². The van der Waals surface area contributed by atoms with E-state index in [-0.39, 0.29) is 24.9 Å². The van der Waals surface area contributed by atoms with Crippen LogP contribution < -0.4 is 20.1 Å². The number of aryl methyl sites for hydroxylation is 1. The maximum Gasteiger partial charge on any atom is 0.238 e. The first-order chi connectivity index (χ1) is 13.7. The lowest BCUT2D eigenvalue weighted by Gasteiger charge is -2.18. The summed E-state index contributed by atoms with van der Waals surface area (Å²) in [4.78, 5) is 26.3. The minimum absolute atomic E-state index is 0.0147.